The van der Waals surface area contributed by atoms with Crippen molar-refractivity contribution in [3.63, 3.8) is 0 Å². The second-order valence-electron chi connectivity index (χ2n) is 4.81. The third kappa shape index (κ3) is 2.99. The minimum Gasteiger partial charge on any atom is -0.497 e. The summed E-state index contributed by atoms with van der Waals surface area (Å²) in [6.07, 6.45) is 2.36. The highest BCUT2D eigenvalue weighted by Gasteiger charge is 2.23. The second kappa shape index (κ2) is 5.87. The average Bonchev–Trinajstić information content (AvgIpc) is 3.00. The molecule has 0 atom stereocenters. The molecular formula is C15H16N2O4. The van der Waals surface area contributed by atoms with Gasteiger partial charge in [-0.15, -0.1) is 0 Å². The summed E-state index contributed by atoms with van der Waals surface area (Å²) in [7, 11) is 1.59. The monoisotopic (exact) mass is 288 g/mol. The van der Waals surface area contributed by atoms with Crippen molar-refractivity contribution in [1.29, 1.82) is 0 Å². The van der Waals surface area contributed by atoms with E-state index in [4.69, 9.17) is 14.0 Å². The van der Waals surface area contributed by atoms with Crippen molar-refractivity contribution in [2.45, 2.75) is 13.0 Å². The molecule has 1 aromatic carbocycles. The summed E-state index contributed by atoms with van der Waals surface area (Å²) >= 11 is 0. The van der Waals surface area contributed by atoms with Crippen LogP contribution in [-0.4, -0.2) is 36.2 Å². The lowest BCUT2D eigenvalue weighted by Gasteiger charge is -2.25. The number of benzene rings is 1. The van der Waals surface area contributed by atoms with E-state index >= 15 is 0 Å². The smallest absolute Gasteiger partial charge is 0.260 e. The first kappa shape index (κ1) is 13.5. The van der Waals surface area contributed by atoms with Gasteiger partial charge in [-0.1, -0.05) is 11.2 Å². The van der Waals surface area contributed by atoms with Crippen molar-refractivity contribution in [2.75, 3.05) is 20.3 Å². The first-order chi connectivity index (χ1) is 10.3. The van der Waals surface area contributed by atoms with Crippen LogP contribution in [0, 0.1) is 0 Å². The molecule has 1 aliphatic rings. The van der Waals surface area contributed by atoms with Crippen LogP contribution in [-0.2, 0) is 17.8 Å². The topological polar surface area (TPSA) is 64.8 Å². The number of rotatable bonds is 4. The van der Waals surface area contributed by atoms with Crippen molar-refractivity contribution in [2.24, 2.45) is 0 Å². The summed E-state index contributed by atoms with van der Waals surface area (Å²) in [4.78, 5) is 13.9. The lowest BCUT2D eigenvalue weighted by atomic mass is 10.1. The fraction of sp³-hybridized carbons (Fsp3) is 0.333. The predicted octanol–water partition coefficient (Wildman–Crippen LogP) is 1.65. The number of amides is 1. The van der Waals surface area contributed by atoms with Crippen LogP contribution in [0.5, 0.6) is 11.5 Å². The molecule has 0 spiro atoms. The molecule has 0 bridgehead atoms. The lowest BCUT2D eigenvalue weighted by molar-refractivity contribution is -0.134. The summed E-state index contributed by atoms with van der Waals surface area (Å²) < 4.78 is 15.7. The number of fused-ring (bicyclic) bond motifs is 1. The molecule has 3 rings (SSSR count). The molecule has 0 unspecified atom stereocenters. The highest BCUT2D eigenvalue weighted by molar-refractivity contribution is 5.78. The van der Waals surface area contributed by atoms with E-state index in [-0.39, 0.29) is 12.5 Å². The van der Waals surface area contributed by atoms with Crippen molar-refractivity contribution in [3.05, 3.63) is 41.8 Å². The van der Waals surface area contributed by atoms with Crippen LogP contribution in [0.25, 0.3) is 0 Å². The van der Waals surface area contributed by atoms with Gasteiger partial charge >= 0.3 is 0 Å². The number of carbonyl (C=O) groups is 1. The van der Waals surface area contributed by atoms with Gasteiger partial charge in [-0.2, -0.15) is 0 Å². The zero-order chi connectivity index (χ0) is 14.7. The molecular weight excluding hydrogens is 272 g/mol. The normalized spacial score (nSPS) is 13.7. The molecule has 6 nitrogen and oxygen atoms in total. The fourth-order valence-corrected chi connectivity index (χ4v) is 2.28. The van der Waals surface area contributed by atoms with E-state index in [1.807, 2.05) is 12.1 Å². The first-order valence-corrected chi connectivity index (χ1v) is 6.73. The minimum absolute atomic E-state index is 0.00772. The number of hydrogen-bond acceptors (Lipinski definition) is 5. The van der Waals surface area contributed by atoms with Crippen molar-refractivity contribution in [3.8, 4) is 11.5 Å². The van der Waals surface area contributed by atoms with Crippen LogP contribution in [0.15, 0.2) is 35.0 Å². The molecule has 0 saturated heterocycles. The van der Waals surface area contributed by atoms with E-state index in [1.165, 1.54) is 0 Å². The van der Waals surface area contributed by atoms with Gasteiger partial charge in [0.15, 0.2) is 6.61 Å². The first-order valence-electron chi connectivity index (χ1n) is 6.73. The maximum Gasteiger partial charge on any atom is 0.260 e. The zero-order valence-electron chi connectivity index (χ0n) is 11.7. The van der Waals surface area contributed by atoms with Gasteiger partial charge in [0, 0.05) is 24.6 Å². The largest absolute Gasteiger partial charge is 0.497 e. The number of nitrogens with zero attached hydrogens (tertiary/aromatic N) is 2. The highest BCUT2D eigenvalue weighted by atomic mass is 16.5. The Morgan fingerprint density at radius 3 is 3.14 bits per heavy atom. The Labute approximate surface area is 122 Å². The number of carbonyl (C=O) groups excluding carboxylic acids is 1. The zero-order valence-corrected chi connectivity index (χ0v) is 11.7. The van der Waals surface area contributed by atoms with E-state index < -0.39 is 0 Å². The molecule has 1 aromatic heterocycles. The van der Waals surface area contributed by atoms with Crippen LogP contribution in [0.2, 0.25) is 0 Å². The summed E-state index contributed by atoms with van der Waals surface area (Å²) in [5, 5.41) is 3.75. The Morgan fingerprint density at radius 2 is 2.29 bits per heavy atom. The van der Waals surface area contributed by atoms with E-state index in [0.29, 0.717) is 31.0 Å². The molecule has 21 heavy (non-hydrogen) atoms. The summed E-state index contributed by atoms with van der Waals surface area (Å²) in [6.45, 7) is 1.16. The van der Waals surface area contributed by atoms with Crippen LogP contribution in [0.3, 0.4) is 0 Å². The van der Waals surface area contributed by atoms with Gasteiger partial charge in [0.05, 0.1) is 19.9 Å². The maximum absolute atomic E-state index is 12.2. The SMILES string of the molecule is COc1cccc(OCC(=O)N2CCc3oncc3C2)c1. The van der Waals surface area contributed by atoms with Crippen LogP contribution in [0.4, 0.5) is 0 Å². The molecule has 0 N–H and O–H groups in total. The standard InChI is InChI=1S/C15H16N2O4/c1-19-12-3-2-4-13(7-12)20-10-15(18)17-6-5-14-11(9-17)8-16-21-14/h2-4,7-8H,5-6,9-10H2,1H3. The van der Waals surface area contributed by atoms with Crippen LogP contribution < -0.4 is 9.47 Å². The van der Waals surface area contributed by atoms with Gasteiger partial charge in [-0.05, 0) is 12.1 Å². The van der Waals surface area contributed by atoms with Gasteiger partial charge in [0.2, 0.25) is 0 Å². The molecule has 0 saturated carbocycles. The third-order valence-electron chi connectivity index (χ3n) is 3.46. The van der Waals surface area contributed by atoms with E-state index in [0.717, 1.165) is 11.3 Å². The number of methoxy groups -OCH3 is 1. The molecule has 110 valence electrons. The molecule has 1 aliphatic heterocycles. The Morgan fingerprint density at radius 1 is 1.43 bits per heavy atom. The molecule has 1 amide bonds. The van der Waals surface area contributed by atoms with Gasteiger partial charge in [-0.25, -0.2) is 0 Å². The highest BCUT2D eigenvalue weighted by Crippen LogP contribution is 2.20. The van der Waals surface area contributed by atoms with Crippen molar-refractivity contribution >= 4 is 5.91 Å². The molecule has 2 aromatic rings. The van der Waals surface area contributed by atoms with Gasteiger partial charge in [0.25, 0.3) is 5.91 Å². The summed E-state index contributed by atoms with van der Waals surface area (Å²) in [5.41, 5.74) is 0.969. The van der Waals surface area contributed by atoms with Crippen molar-refractivity contribution in [1.82, 2.24) is 10.1 Å². The molecule has 0 aliphatic carbocycles. The maximum atomic E-state index is 12.2. The molecule has 0 fully saturated rings. The third-order valence-corrected chi connectivity index (χ3v) is 3.46. The number of ether oxygens (including phenoxy) is 2. The van der Waals surface area contributed by atoms with Crippen LogP contribution in [0.1, 0.15) is 11.3 Å². The van der Waals surface area contributed by atoms with E-state index in [9.17, 15) is 4.79 Å². The van der Waals surface area contributed by atoms with Gasteiger partial charge in [0.1, 0.15) is 17.3 Å². The number of aromatic nitrogens is 1. The minimum atomic E-state index is -0.0512. The van der Waals surface area contributed by atoms with Gasteiger partial charge in [-0.3, -0.25) is 4.79 Å². The fourth-order valence-electron chi connectivity index (χ4n) is 2.28. The quantitative estimate of drug-likeness (QED) is 0.856. The van der Waals surface area contributed by atoms with Crippen molar-refractivity contribution < 1.29 is 18.8 Å². The lowest BCUT2D eigenvalue weighted by Crippen LogP contribution is -2.38. The molecule has 0 radical (unpaired) electrons. The van der Waals surface area contributed by atoms with E-state index in [2.05, 4.69) is 5.16 Å². The predicted molar refractivity (Wildman–Crippen MR) is 74.1 cm³/mol. The molecule has 6 heteroatoms. The Hall–Kier alpha value is -2.50. The summed E-state index contributed by atoms with van der Waals surface area (Å²) in [5.74, 6) is 2.13. The second-order valence-corrected chi connectivity index (χ2v) is 4.81. The molecule has 2 heterocycles. The Kier molecular flexibility index (Phi) is 3.77. The van der Waals surface area contributed by atoms with Crippen LogP contribution >= 0.6 is 0 Å². The van der Waals surface area contributed by atoms with Gasteiger partial charge < -0.3 is 18.9 Å². The Bertz CT molecular complexity index is 638. The average molecular weight is 288 g/mol. The number of hydrogen-bond donors (Lipinski definition) is 0. The Balaban J connectivity index is 1.57. The summed E-state index contributed by atoms with van der Waals surface area (Å²) in [6, 6.07) is 7.20. The van der Waals surface area contributed by atoms with E-state index in [1.54, 1.807) is 30.3 Å².